The van der Waals surface area contributed by atoms with E-state index in [1.54, 1.807) is 6.07 Å². The Kier molecular flexibility index (Phi) is 5.85. The van der Waals surface area contributed by atoms with Crippen molar-refractivity contribution in [2.45, 2.75) is 13.0 Å². The summed E-state index contributed by atoms with van der Waals surface area (Å²) in [4.78, 5) is 16.3. The number of nitrogens with one attached hydrogen (secondary N) is 1. The van der Waals surface area contributed by atoms with Gasteiger partial charge in [0.2, 0.25) is 0 Å². The summed E-state index contributed by atoms with van der Waals surface area (Å²) in [7, 11) is 1.35. The van der Waals surface area contributed by atoms with Crippen LogP contribution in [0.25, 0.3) is 10.9 Å². The number of benzene rings is 2. The van der Waals surface area contributed by atoms with Crippen LogP contribution in [-0.4, -0.2) is 29.7 Å². The number of hydrogen-bond donors (Lipinski definition) is 2. The molecule has 0 aliphatic carbocycles. The Labute approximate surface area is 160 Å². The number of pyridine rings is 1. The van der Waals surface area contributed by atoms with Crippen LogP contribution >= 0.6 is 15.9 Å². The summed E-state index contributed by atoms with van der Waals surface area (Å²) < 4.78 is 5.75. The number of methoxy groups -OCH3 is 1. The summed E-state index contributed by atoms with van der Waals surface area (Å²) >= 11 is 3.48. The number of anilines is 1. The molecule has 0 radical (unpaired) electrons. The van der Waals surface area contributed by atoms with E-state index >= 15 is 0 Å². The van der Waals surface area contributed by atoms with E-state index in [0.717, 1.165) is 33.0 Å². The van der Waals surface area contributed by atoms with Crippen molar-refractivity contribution in [1.82, 2.24) is 4.98 Å². The molecule has 1 aromatic heterocycles. The number of fused-ring (bicyclic) bond motifs is 1. The van der Waals surface area contributed by atoms with Gasteiger partial charge in [0.25, 0.3) is 0 Å². The molecule has 134 valence electrons. The Morgan fingerprint density at radius 3 is 2.58 bits per heavy atom. The molecule has 0 aliphatic rings. The third-order valence-electron chi connectivity index (χ3n) is 4.10. The highest BCUT2D eigenvalue weighted by molar-refractivity contribution is 9.10. The predicted octanol–water partition coefficient (Wildman–Crippen LogP) is 3.93. The molecule has 0 fully saturated rings. The van der Waals surface area contributed by atoms with Crippen LogP contribution in [0.5, 0.6) is 0 Å². The van der Waals surface area contributed by atoms with Crippen molar-refractivity contribution in [3.8, 4) is 0 Å². The van der Waals surface area contributed by atoms with Crippen LogP contribution in [0.3, 0.4) is 0 Å². The molecule has 0 saturated carbocycles. The average Bonchev–Trinajstić information content (AvgIpc) is 2.67. The van der Waals surface area contributed by atoms with E-state index in [0.29, 0.717) is 6.54 Å². The molecule has 26 heavy (non-hydrogen) atoms. The third kappa shape index (κ3) is 4.20. The number of esters is 1. The van der Waals surface area contributed by atoms with Crippen LogP contribution in [0, 0.1) is 0 Å². The van der Waals surface area contributed by atoms with Gasteiger partial charge in [0, 0.05) is 22.1 Å². The molecule has 3 rings (SSSR count). The lowest BCUT2D eigenvalue weighted by atomic mass is 10.1. The molecule has 6 heteroatoms. The molecular formula is C20H19BrN2O3. The minimum Gasteiger partial charge on any atom is -0.464 e. The second-order valence-electron chi connectivity index (χ2n) is 5.86. The van der Waals surface area contributed by atoms with Gasteiger partial charge in [0.05, 0.1) is 19.2 Å². The van der Waals surface area contributed by atoms with Crippen LogP contribution in [-0.2, 0) is 17.8 Å². The van der Waals surface area contributed by atoms with Crippen molar-refractivity contribution >= 4 is 38.5 Å². The van der Waals surface area contributed by atoms with E-state index in [4.69, 9.17) is 9.84 Å². The van der Waals surface area contributed by atoms with Gasteiger partial charge in [-0.2, -0.15) is 0 Å². The number of carbonyl (C=O) groups is 1. The molecule has 0 bridgehead atoms. The zero-order valence-electron chi connectivity index (χ0n) is 14.3. The lowest BCUT2D eigenvalue weighted by molar-refractivity contribution is 0.0594. The van der Waals surface area contributed by atoms with Crippen LogP contribution in [0.15, 0.2) is 53.0 Å². The van der Waals surface area contributed by atoms with E-state index in [1.165, 1.54) is 12.7 Å². The highest BCUT2D eigenvalue weighted by atomic mass is 79.9. The lowest BCUT2D eigenvalue weighted by Gasteiger charge is -2.12. The van der Waals surface area contributed by atoms with E-state index < -0.39 is 5.97 Å². The number of aliphatic hydroxyl groups is 1. The average molecular weight is 415 g/mol. The lowest BCUT2D eigenvalue weighted by Crippen LogP contribution is -2.09. The van der Waals surface area contributed by atoms with Crippen LogP contribution < -0.4 is 5.32 Å². The number of aromatic nitrogens is 1. The van der Waals surface area contributed by atoms with Crippen molar-refractivity contribution in [3.05, 3.63) is 69.8 Å². The first-order chi connectivity index (χ1) is 12.6. The Balaban J connectivity index is 1.82. The standard InChI is InChI=1S/C20H19BrN2O3/c1-26-20(25)19-11-18(16-10-15(21)6-7-17(16)23-19)22-9-8-13-2-4-14(12-24)5-3-13/h2-7,10-11,24H,8-9,12H2,1H3,(H,22,23). The molecule has 0 amide bonds. The molecule has 3 aromatic rings. The fraction of sp³-hybridized carbons (Fsp3) is 0.200. The third-order valence-corrected chi connectivity index (χ3v) is 4.59. The van der Waals surface area contributed by atoms with E-state index in [2.05, 4.69) is 26.2 Å². The first kappa shape index (κ1) is 18.4. The number of halogens is 1. The zero-order valence-corrected chi connectivity index (χ0v) is 15.9. The molecule has 0 saturated heterocycles. The molecule has 2 aromatic carbocycles. The van der Waals surface area contributed by atoms with Gasteiger partial charge >= 0.3 is 5.97 Å². The van der Waals surface area contributed by atoms with E-state index in [1.807, 2.05) is 42.5 Å². The number of carbonyl (C=O) groups excluding carboxylic acids is 1. The number of hydrogen-bond acceptors (Lipinski definition) is 5. The van der Waals surface area contributed by atoms with Gasteiger partial charge in [-0.05, 0) is 41.8 Å². The molecule has 0 spiro atoms. The van der Waals surface area contributed by atoms with Crippen LogP contribution in [0.1, 0.15) is 21.6 Å². The Bertz CT molecular complexity index is 926. The van der Waals surface area contributed by atoms with Gasteiger partial charge in [-0.1, -0.05) is 40.2 Å². The second kappa shape index (κ2) is 8.29. The van der Waals surface area contributed by atoms with Crippen molar-refractivity contribution in [2.24, 2.45) is 0 Å². The molecule has 5 nitrogen and oxygen atoms in total. The monoisotopic (exact) mass is 414 g/mol. The Hall–Kier alpha value is -2.44. The molecule has 1 heterocycles. The van der Waals surface area contributed by atoms with E-state index in [9.17, 15) is 4.79 Å². The van der Waals surface area contributed by atoms with Gasteiger partial charge in [-0.25, -0.2) is 9.78 Å². The highest BCUT2D eigenvalue weighted by Crippen LogP contribution is 2.27. The van der Waals surface area contributed by atoms with Gasteiger partial charge < -0.3 is 15.2 Å². The first-order valence-corrected chi connectivity index (χ1v) is 9.01. The van der Waals surface area contributed by atoms with Crippen molar-refractivity contribution in [1.29, 1.82) is 0 Å². The fourth-order valence-corrected chi connectivity index (χ4v) is 3.07. The normalized spacial score (nSPS) is 10.7. The number of nitrogens with zero attached hydrogens (tertiary/aromatic N) is 1. The summed E-state index contributed by atoms with van der Waals surface area (Å²) in [6.45, 7) is 0.747. The summed E-state index contributed by atoms with van der Waals surface area (Å²) in [6.07, 6.45) is 0.817. The largest absolute Gasteiger partial charge is 0.464 e. The van der Waals surface area contributed by atoms with E-state index in [-0.39, 0.29) is 12.3 Å². The zero-order chi connectivity index (χ0) is 18.5. The maximum atomic E-state index is 11.9. The van der Waals surface area contributed by atoms with Crippen LogP contribution in [0.4, 0.5) is 5.69 Å². The predicted molar refractivity (Wildman–Crippen MR) is 105 cm³/mol. The SMILES string of the molecule is COC(=O)c1cc(NCCc2ccc(CO)cc2)c2cc(Br)ccc2n1. The minimum atomic E-state index is -0.461. The maximum absolute atomic E-state index is 11.9. The Morgan fingerprint density at radius 2 is 1.88 bits per heavy atom. The Morgan fingerprint density at radius 1 is 1.15 bits per heavy atom. The topological polar surface area (TPSA) is 71.5 Å². The molecular weight excluding hydrogens is 396 g/mol. The van der Waals surface area contributed by atoms with Crippen LogP contribution in [0.2, 0.25) is 0 Å². The van der Waals surface area contributed by atoms with Gasteiger partial charge in [-0.3, -0.25) is 0 Å². The fourth-order valence-electron chi connectivity index (χ4n) is 2.71. The summed E-state index contributed by atoms with van der Waals surface area (Å²) in [5, 5.41) is 13.4. The summed E-state index contributed by atoms with van der Waals surface area (Å²) in [6, 6.07) is 15.3. The van der Waals surface area contributed by atoms with Gasteiger partial charge in [0.1, 0.15) is 0 Å². The van der Waals surface area contributed by atoms with Crippen molar-refractivity contribution < 1.29 is 14.6 Å². The molecule has 0 unspecified atom stereocenters. The maximum Gasteiger partial charge on any atom is 0.356 e. The number of aliphatic hydroxyl groups excluding tert-OH is 1. The highest BCUT2D eigenvalue weighted by Gasteiger charge is 2.12. The second-order valence-corrected chi connectivity index (χ2v) is 6.78. The summed E-state index contributed by atoms with van der Waals surface area (Å²) in [5.74, 6) is -0.461. The van der Waals surface area contributed by atoms with Crippen molar-refractivity contribution in [3.63, 3.8) is 0 Å². The van der Waals surface area contributed by atoms with Crippen molar-refractivity contribution in [2.75, 3.05) is 19.0 Å². The summed E-state index contributed by atoms with van der Waals surface area (Å²) in [5.41, 5.74) is 3.91. The smallest absolute Gasteiger partial charge is 0.356 e. The number of rotatable bonds is 6. The molecule has 0 aliphatic heterocycles. The molecule has 0 atom stereocenters. The number of ether oxygens (including phenoxy) is 1. The van der Waals surface area contributed by atoms with Gasteiger partial charge in [0.15, 0.2) is 5.69 Å². The van der Waals surface area contributed by atoms with Gasteiger partial charge in [-0.15, -0.1) is 0 Å². The first-order valence-electron chi connectivity index (χ1n) is 8.22. The quantitative estimate of drug-likeness (QED) is 0.597. The molecule has 2 N–H and O–H groups in total. The minimum absolute atomic E-state index is 0.0483.